The summed E-state index contributed by atoms with van der Waals surface area (Å²) in [5, 5.41) is 9.52. The number of methoxy groups -OCH3 is 1. The number of piperazine rings is 1. The van der Waals surface area contributed by atoms with Gasteiger partial charge >= 0.3 is 0 Å². The summed E-state index contributed by atoms with van der Waals surface area (Å²) < 4.78 is 5.38. The van der Waals surface area contributed by atoms with Gasteiger partial charge in [0.15, 0.2) is 5.84 Å². The maximum absolute atomic E-state index is 5.38. The maximum atomic E-state index is 5.38. The molecule has 5 rings (SSSR count). The quantitative estimate of drug-likeness (QED) is 0.591. The van der Waals surface area contributed by atoms with Crippen LogP contribution in [0.1, 0.15) is 29.6 Å². The second kappa shape index (κ2) is 9.30. The topological polar surface area (TPSA) is 61.8 Å². The van der Waals surface area contributed by atoms with Gasteiger partial charge in [-0.2, -0.15) is 0 Å². The van der Waals surface area contributed by atoms with Crippen LogP contribution in [0, 0.1) is 0 Å². The summed E-state index contributed by atoms with van der Waals surface area (Å²) >= 11 is 1.73. The van der Waals surface area contributed by atoms with Crippen molar-refractivity contribution in [1.82, 2.24) is 15.2 Å². The van der Waals surface area contributed by atoms with E-state index in [0.717, 1.165) is 77.6 Å². The molecule has 0 radical (unpaired) electrons. The molecule has 2 aliphatic rings. The monoisotopic (exact) mass is 447 g/mol. The van der Waals surface area contributed by atoms with Gasteiger partial charge in [-0.25, -0.2) is 9.98 Å². The Kier molecular flexibility index (Phi) is 6.10. The third-order valence-corrected chi connectivity index (χ3v) is 7.15. The zero-order valence-electron chi connectivity index (χ0n) is 18.6. The summed E-state index contributed by atoms with van der Waals surface area (Å²) in [6.45, 7) is 4.94. The van der Waals surface area contributed by atoms with E-state index in [2.05, 4.69) is 52.8 Å². The van der Waals surface area contributed by atoms with Gasteiger partial charge in [0.2, 0.25) is 0 Å². The minimum atomic E-state index is 0.400. The van der Waals surface area contributed by atoms with Crippen LogP contribution in [0.2, 0.25) is 0 Å². The van der Waals surface area contributed by atoms with Crippen LogP contribution >= 0.6 is 11.3 Å². The van der Waals surface area contributed by atoms with Crippen LogP contribution in [-0.4, -0.2) is 48.5 Å². The van der Waals surface area contributed by atoms with Gasteiger partial charge in [0.05, 0.1) is 23.5 Å². The summed E-state index contributed by atoms with van der Waals surface area (Å²) in [4.78, 5) is 12.5. The van der Waals surface area contributed by atoms with E-state index in [9.17, 15) is 0 Å². The Hall–Kier alpha value is -2.90. The number of amidine groups is 1. The highest BCUT2D eigenvalue weighted by Gasteiger charge is 2.28. The Balaban J connectivity index is 1.38. The average Bonchev–Trinajstić information content (AvgIpc) is 3.18. The lowest BCUT2D eigenvalue weighted by atomic mass is 10.0. The van der Waals surface area contributed by atoms with Gasteiger partial charge in [-0.05, 0) is 49.1 Å². The molecule has 0 spiro atoms. The van der Waals surface area contributed by atoms with Crippen LogP contribution in [0.4, 0.5) is 16.4 Å². The zero-order chi connectivity index (χ0) is 21.9. The second-order valence-electron chi connectivity index (χ2n) is 8.20. The molecule has 32 heavy (non-hydrogen) atoms. The molecule has 6 nitrogen and oxygen atoms in total. The van der Waals surface area contributed by atoms with Gasteiger partial charge < -0.3 is 20.3 Å². The Labute approximate surface area is 193 Å². The summed E-state index contributed by atoms with van der Waals surface area (Å²) in [6.07, 6.45) is 3.01. The van der Waals surface area contributed by atoms with Gasteiger partial charge in [0.25, 0.3) is 0 Å². The Morgan fingerprint density at radius 1 is 1.19 bits per heavy atom. The largest absolute Gasteiger partial charge is 0.497 e. The molecular formula is C25H29N5OS. The second-order valence-corrected chi connectivity index (χ2v) is 9.29. The molecule has 2 N–H and O–H groups in total. The predicted octanol–water partition coefficient (Wildman–Crippen LogP) is 4.76. The van der Waals surface area contributed by atoms with Crippen LogP contribution in [-0.2, 0) is 12.8 Å². The summed E-state index contributed by atoms with van der Waals surface area (Å²) in [5.74, 6) is 1.91. The number of rotatable bonds is 5. The Morgan fingerprint density at radius 2 is 2.09 bits per heavy atom. The standard InChI is InChI=1S/C25H29N5OS/c1-3-22-29-23-24(27-20-9-4-5-10-21(20)28-25(23)32-22)30-14-13-26-18(16-30)12-11-17-7-6-8-19(15-17)31-2/h4-10,15,18,26,28H,3,11-14,16H2,1-2H3/t18-/m0/s1. The normalized spacial score (nSPS) is 17.6. The highest BCUT2D eigenvalue weighted by molar-refractivity contribution is 7.16. The maximum Gasteiger partial charge on any atom is 0.158 e. The molecule has 0 bridgehead atoms. The van der Waals surface area contributed by atoms with E-state index in [1.807, 2.05) is 18.2 Å². The average molecular weight is 448 g/mol. The molecule has 3 aromatic rings. The van der Waals surface area contributed by atoms with E-state index in [4.69, 9.17) is 14.7 Å². The van der Waals surface area contributed by atoms with Crippen molar-refractivity contribution in [3.05, 3.63) is 64.8 Å². The zero-order valence-corrected chi connectivity index (χ0v) is 19.4. The van der Waals surface area contributed by atoms with Crippen molar-refractivity contribution in [2.45, 2.75) is 32.2 Å². The predicted molar refractivity (Wildman–Crippen MR) is 132 cm³/mol. The first-order valence-corrected chi connectivity index (χ1v) is 12.1. The highest BCUT2D eigenvalue weighted by Crippen LogP contribution is 2.38. The molecule has 1 aromatic heterocycles. The number of para-hydroxylation sites is 2. The molecule has 0 saturated carbocycles. The third kappa shape index (κ3) is 4.36. The fourth-order valence-corrected chi connectivity index (χ4v) is 5.23. The molecule has 1 fully saturated rings. The molecular weight excluding hydrogens is 418 g/mol. The van der Waals surface area contributed by atoms with E-state index < -0.39 is 0 Å². The van der Waals surface area contributed by atoms with Crippen molar-refractivity contribution in [1.29, 1.82) is 0 Å². The molecule has 166 valence electrons. The molecule has 3 heterocycles. The molecule has 7 heteroatoms. The van der Waals surface area contributed by atoms with E-state index in [1.54, 1.807) is 18.4 Å². The molecule has 0 unspecified atom stereocenters. The number of hydrogen-bond donors (Lipinski definition) is 2. The summed E-state index contributed by atoms with van der Waals surface area (Å²) in [6, 6.07) is 17.0. The third-order valence-electron chi connectivity index (χ3n) is 6.03. The van der Waals surface area contributed by atoms with Crippen LogP contribution in [0.15, 0.2) is 53.5 Å². The first-order valence-electron chi connectivity index (χ1n) is 11.3. The van der Waals surface area contributed by atoms with Crippen molar-refractivity contribution in [3.8, 4) is 5.75 Å². The number of aromatic nitrogens is 1. The number of nitrogens with one attached hydrogen (secondary N) is 2. The molecule has 0 amide bonds. The van der Waals surface area contributed by atoms with Crippen LogP contribution in [0.5, 0.6) is 5.75 Å². The van der Waals surface area contributed by atoms with Gasteiger partial charge in [-0.1, -0.05) is 31.2 Å². The molecule has 1 atom stereocenters. The first-order chi connectivity index (χ1) is 15.7. The fraction of sp³-hybridized carbons (Fsp3) is 0.360. The van der Waals surface area contributed by atoms with Gasteiger partial charge in [-0.3, -0.25) is 0 Å². The number of benzene rings is 2. The highest BCUT2D eigenvalue weighted by atomic mass is 32.1. The number of fused-ring (bicyclic) bond motifs is 2. The molecule has 1 saturated heterocycles. The lowest BCUT2D eigenvalue weighted by Gasteiger charge is -2.35. The number of aliphatic imine (C=N–C) groups is 1. The van der Waals surface area contributed by atoms with Crippen molar-refractivity contribution in [2.75, 3.05) is 32.1 Å². The molecule has 0 aliphatic carbocycles. The number of ether oxygens (including phenoxy) is 1. The van der Waals surface area contributed by atoms with Gasteiger partial charge in [0.1, 0.15) is 16.4 Å². The fourth-order valence-electron chi connectivity index (χ4n) is 4.32. The first kappa shape index (κ1) is 21.0. The molecule has 2 aromatic carbocycles. The number of aryl methyl sites for hydroxylation is 2. The SMILES string of the molecule is CCc1nc2c(s1)Nc1ccccc1N=C2N1CCN[C@@H](CCc2cccc(OC)c2)C1. The minimum Gasteiger partial charge on any atom is -0.497 e. The van der Waals surface area contributed by atoms with Crippen LogP contribution in [0.3, 0.4) is 0 Å². The summed E-state index contributed by atoms with van der Waals surface area (Å²) in [5.41, 5.74) is 4.30. The van der Waals surface area contributed by atoms with E-state index in [1.165, 1.54) is 5.56 Å². The minimum absolute atomic E-state index is 0.400. The number of anilines is 2. The lowest BCUT2D eigenvalue weighted by molar-refractivity contribution is 0.282. The van der Waals surface area contributed by atoms with Crippen molar-refractivity contribution < 1.29 is 4.74 Å². The lowest BCUT2D eigenvalue weighted by Crippen LogP contribution is -2.53. The van der Waals surface area contributed by atoms with Crippen molar-refractivity contribution in [3.63, 3.8) is 0 Å². The van der Waals surface area contributed by atoms with E-state index >= 15 is 0 Å². The smallest absolute Gasteiger partial charge is 0.158 e. The van der Waals surface area contributed by atoms with Gasteiger partial charge in [-0.15, -0.1) is 11.3 Å². The number of nitrogens with zero attached hydrogens (tertiary/aromatic N) is 3. The number of hydrogen-bond acceptors (Lipinski definition) is 7. The number of thiazole rings is 1. The van der Waals surface area contributed by atoms with Crippen molar-refractivity contribution in [2.24, 2.45) is 4.99 Å². The van der Waals surface area contributed by atoms with E-state index in [-0.39, 0.29) is 0 Å². The van der Waals surface area contributed by atoms with Crippen LogP contribution < -0.4 is 15.4 Å². The Bertz CT molecular complexity index is 1130. The van der Waals surface area contributed by atoms with Crippen LogP contribution in [0.25, 0.3) is 0 Å². The Morgan fingerprint density at radius 3 is 2.97 bits per heavy atom. The van der Waals surface area contributed by atoms with Gasteiger partial charge in [0, 0.05) is 25.7 Å². The molecule has 2 aliphatic heterocycles. The summed E-state index contributed by atoms with van der Waals surface area (Å²) in [7, 11) is 1.72. The van der Waals surface area contributed by atoms with E-state index in [0.29, 0.717) is 6.04 Å². The van der Waals surface area contributed by atoms with Crippen molar-refractivity contribution >= 4 is 33.5 Å².